The summed E-state index contributed by atoms with van der Waals surface area (Å²) >= 11 is 7.04. The number of hydrogen-bond acceptors (Lipinski definition) is 8. The summed E-state index contributed by atoms with van der Waals surface area (Å²) in [6.45, 7) is 0. The molecule has 0 radical (unpaired) electrons. The van der Waals surface area contributed by atoms with E-state index in [0.29, 0.717) is 35.5 Å². The topological polar surface area (TPSA) is 51.6 Å². The number of fused-ring (bicyclic) bond motifs is 14. The Morgan fingerprint density at radius 2 is 1.03 bits per heavy atom. The van der Waals surface area contributed by atoms with Crippen LogP contribution in [0.15, 0.2) is 65.0 Å². The lowest BCUT2D eigenvalue weighted by atomic mass is 9.81. The normalized spacial score (nSPS) is 33.0. The van der Waals surface area contributed by atoms with E-state index in [9.17, 15) is 0 Å². The van der Waals surface area contributed by atoms with Gasteiger partial charge in [0, 0.05) is 11.8 Å². The Bertz CT molecular complexity index is 1680. The fourth-order valence-corrected chi connectivity index (χ4v) is 12.1. The SMILES string of the molecule is C1=CC2CC1c1cc3nc4c(nc3cc12)SC(=C1Sc2nc3c(nc2S1)=CC1C2C=CC(C2)C1C=3)S4. The van der Waals surface area contributed by atoms with E-state index < -0.39 is 0 Å². The van der Waals surface area contributed by atoms with Crippen LogP contribution in [0, 0.1) is 23.7 Å². The molecular weight excluding hydrogens is 521 g/mol. The molecule has 4 heterocycles. The van der Waals surface area contributed by atoms with E-state index in [1.807, 2.05) is 0 Å². The fourth-order valence-electron chi connectivity index (χ4n) is 7.14. The van der Waals surface area contributed by atoms with Crippen molar-refractivity contribution in [2.75, 3.05) is 0 Å². The van der Waals surface area contributed by atoms with E-state index in [1.165, 1.54) is 32.4 Å². The quantitative estimate of drug-likeness (QED) is 0.333. The monoisotopic (exact) mass is 538 g/mol. The van der Waals surface area contributed by atoms with Crippen molar-refractivity contribution in [3.8, 4) is 0 Å². The van der Waals surface area contributed by atoms with Crippen molar-refractivity contribution in [2.24, 2.45) is 23.7 Å². The summed E-state index contributed by atoms with van der Waals surface area (Å²) in [4.78, 5) is 20.3. The van der Waals surface area contributed by atoms with Crippen molar-refractivity contribution < 1.29 is 0 Å². The zero-order chi connectivity index (χ0) is 23.1. The Hall–Kier alpha value is -2.00. The summed E-state index contributed by atoms with van der Waals surface area (Å²) in [5.74, 6) is 3.72. The molecule has 10 rings (SSSR count). The van der Waals surface area contributed by atoms with Crippen LogP contribution in [0.1, 0.15) is 35.8 Å². The molecule has 2 aromatic heterocycles. The van der Waals surface area contributed by atoms with Crippen LogP contribution in [0.2, 0.25) is 0 Å². The summed E-state index contributed by atoms with van der Waals surface area (Å²) in [5, 5.41) is 6.32. The van der Waals surface area contributed by atoms with E-state index in [4.69, 9.17) is 19.9 Å². The van der Waals surface area contributed by atoms with Crippen LogP contribution in [0.5, 0.6) is 0 Å². The summed E-state index contributed by atoms with van der Waals surface area (Å²) in [6, 6.07) is 4.58. The van der Waals surface area contributed by atoms with Crippen molar-refractivity contribution in [2.45, 2.75) is 44.8 Å². The molecule has 4 nitrogen and oxygen atoms in total. The minimum Gasteiger partial charge on any atom is -0.237 e. The largest absolute Gasteiger partial charge is 0.237 e. The number of thioether (sulfide) groups is 4. The van der Waals surface area contributed by atoms with Crippen molar-refractivity contribution in [3.05, 3.63) is 66.7 Å². The van der Waals surface area contributed by atoms with E-state index >= 15 is 0 Å². The zero-order valence-electron chi connectivity index (χ0n) is 18.9. The van der Waals surface area contributed by atoms with Gasteiger partial charge < -0.3 is 0 Å². The zero-order valence-corrected chi connectivity index (χ0v) is 22.2. The van der Waals surface area contributed by atoms with Gasteiger partial charge in [-0.3, -0.25) is 0 Å². The number of aromatic nitrogens is 4. The van der Waals surface area contributed by atoms with Crippen LogP contribution in [-0.2, 0) is 0 Å². The van der Waals surface area contributed by atoms with E-state index in [1.54, 1.807) is 47.0 Å². The van der Waals surface area contributed by atoms with E-state index in [-0.39, 0.29) is 0 Å². The van der Waals surface area contributed by atoms with Gasteiger partial charge in [-0.05, 0) is 59.8 Å². The van der Waals surface area contributed by atoms with Crippen molar-refractivity contribution in [1.29, 1.82) is 0 Å². The molecular formula is C28H18N4S4. The first kappa shape index (κ1) is 20.0. The molecule has 6 unspecified atom stereocenters. The molecule has 8 heteroatoms. The van der Waals surface area contributed by atoms with Crippen LogP contribution in [0.25, 0.3) is 23.2 Å². The van der Waals surface area contributed by atoms with Gasteiger partial charge in [0.1, 0.15) is 20.1 Å². The maximum Gasteiger partial charge on any atom is 0.135 e. The standard InChI is InChI=1S/C28H18N4S4/c1-2-12-5-11(1)15-7-19-20(8-16(12)15)30-24-23(29-19)33-27(34-24)28-35-25-26(36-28)32-22-10-18-14-4-3-13(6-14)17(18)9-21(22)31-25/h1-4,7-16H,5-6H2. The third-order valence-corrected chi connectivity index (χ3v) is 14.0. The molecule has 1 fully saturated rings. The van der Waals surface area contributed by atoms with E-state index in [0.717, 1.165) is 41.8 Å². The predicted octanol–water partition coefficient (Wildman–Crippen LogP) is 5.80. The van der Waals surface area contributed by atoms with Gasteiger partial charge in [-0.25, -0.2) is 19.9 Å². The highest BCUT2D eigenvalue weighted by Gasteiger charge is 2.43. The molecule has 0 saturated heterocycles. The first-order valence-corrected chi connectivity index (χ1v) is 15.8. The maximum absolute atomic E-state index is 5.09. The second kappa shape index (κ2) is 6.90. The third-order valence-electron chi connectivity index (χ3n) is 8.79. The molecule has 2 aliphatic heterocycles. The van der Waals surface area contributed by atoms with Crippen molar-refractivity contribution in [1.82, 2.24) is 19.9 Å². The summed E-state index contributed by atoms with van der Waals surface area (Å²) in [6.07, 6.45) is 16.9. The van der Waals surface area contributed by atoms with Crippen LogP contribution in [0.4, 0.5) is 0 Å². The highest BCUT2D eigenvalue weighted by Crippen LogP contribution is 2.60. The van der Waals surface area contributed by atoms with Crippen molar-refractivity contribution >= 4 is 70.2 Å². The highest BCUT2D eigenvalue weighted by molar-refractivity contribution is 8.30. The minimum absolute atomic E-state index is 0.570. The molecule has 0 amide bonds. The smallest absolute Gasteiger partial charge is 0.135 e. The lowest BCUT2D eigenvalue weighted by Gasteiger charge is -2.24. The van der Waals surface area contributed by atoms with Gasteiger partial charge in [0.2, 0.25) is 0 Å². The molecule has 3 aromatic rings. The van der Waals surface area contributed by atoms with Crippen molar-refractivity contribution in [3.63, 3.8) is 0 Å². The minimum atomic E-state index is 0.570. The lowest BCUT2D eigenvalue weighted by Crippen LogP contribution is -2.39. The average molecular weight is 539 g/mol. The van der Waals surface area contributed by atoms with Gasteiger partial charge in [-0.15, -0.1) is 0 Å². The average Bonchev–Trinajstić information content (AvgIpc) is 3.73. The molecule has 0 N–H and O–H groups in total. The van der Waals surface area contributed by atoms with Crippen LogP contribution < -0.4 is 10.7 Å². The third kappa shape index (κ3) is 2.64. The van der Waals surface area contributed by atoms with Gasteiger partial charge >= 0.3 is 0 Å². The van der Waals surface area contributed by atoms with Gasteiger partial charge in [-0.1, -0.05) is 83.5 Å². The Morgan fingerprint density at radius 3 is 1.53 bits per heavy atom. The summed E-state index contributed by atoms with van der Waals surface area (Å²) in [7, 11) is 0. The second-order valence-corrected chi connectivity index (χ2v) is 15.2. The molecule has 36 heavy (non-hydrogen) atoms. The fraction of sp³-hybridized carbons (Fsp3) is 0.286. The Kier molecular flexibility index (Phi) is 3.84. The summed E-state index contributed by atoms with van der Waals surface area (Å²) in [5.41, 5.74) is 4.97. The number of hydrogen-bond donors (Lipinski definition) is 0. The molecule has 7 aliphatic rings. The maximum atomic E-state index is 5.09. The predicted molar refractivity (Wildman–Crippen MR) is 147 cm³/mol. The van der Waals surface area contributed by atoms with Gasteiger partial charge in [0.05, 0.1) is 30.2 Å². The first-order chi connectivity index (χ1) is 17.7. The molecule has 6 atom stereocenters. The number of benzene rings is 1. The molecule has 174 valence electrons. The van der Waals surface area contributed by atoms with Crippen LogP contribution in [-0.4, -0.2) is 19.9 Å². The molecule has 0 spiro atoms. The highest BCUT2D eigenvalue weighted by atomic mass is 32.2. The summed E-state index contributed by atoms with van der Waals surface area (Å²) < 4.78 is 2.52. The Labute approximate surface area is 224 Å². The molecule has 1 saturated carbocycles. The van der Waals surface area contributed by atoms with Gasteiger partial charge in [-0.2, -0.15) is 0 Å². The lowest BCUT2D eigenvalue weighted by molar-refractivity contribution is 0.484. The Balaban J connectivity index is 1.01. The number of allylic oxidation sites excluding steroid dienone is 4. The molecule has 4 bridgehead atoms. The second-order valence-electron chi connectivity index (χ2n) is 10.7. The molecule has 1 aromatic carbocycles. The van der Waals surface area contributed by atoms with Gasteiger partial charge in [0.25, 0.3) is 0 Å². The Morgan fingerprint density at radius 1 is 0.556 bits per heavy atom. The molecule has 5 aliphatic carbocycles. The number of rotatable bonds is 0. The van der Waals surface area contributed by atoms with Gasteiger partial charge in [0.15, 0.2) is 0 Å². The van der Waals surface area contributed by atoms with Crippen LogP contribution in [0.3, 0.4) is 0 Å². The number of nitrogens with zero attached hydrogens (tertiary/aromatic N) is 4. The van der Waals surface area contributed by atoms with Crippen LogP contribution >= 0.6 is 47.0 Å². The van der Waals surface area contributed by atoms with E-state index in [2.05, 4.69) is 48.6 Å². The first-order valence-electron chi connectivity index (χ1n) is 12.5.